The molecule has 0 unspecified atom stereocenters. The first kappa shape index (κ1) is 18.3. The SMILES string of the molecule is N#Cc1ccc(N2CCN(C(=O)N3CC[C@H](c4cn[nH]c4)C3)c3ccccc32)cc1. The lowest BCUT2D eigenvalue weighted by molar-refractivity contribution is 0.215. The fourth-order valence-corrected chi connectivity index (χ4v) is 4.41. The maximum Gasteiger partial charge on any atom is 0.324 e. The molecule has 1 atom stereocenters. The molecule has 0 radical (unpaired) electrons. The number of anilines is 3. The summed E-state index contributed by atoms with van der Waals surface area (Å²) in [5.41, 5.74) is 4.75. The van der Waals surface area contributed by atoms with Crippen molar-refractivity contribution in [1.82, 2.24) is 15.1 Å². The lowest BCUT2D eigenvalue weighted by Gasteiger charge is -2.39. The second-order valence-electron chi connectivity index (χ2n) is 7.70. The Labute approximate surface area is 175 Å². The summed E-state index contributed by atoms with van der Waals surface area (Å²) in [6, 6.07) is 17.8. The minimum absolute atomic E-state index is 0.0629. The van der Waals surface area contributed by atoms with Gasteiger partial charge in [-0.2, -0.15) is 10.4 Å². The molecule has 1 N–H and O–H groups in total. The summed E-state index contributed by atoms with van der Waals surface area (Å²) in [4.78, 5) is 19.4. The summed E-state index contributed by atoms with van der Waals surface area (Å²) in [6.07, 6.45) is 4.73. The number of aromatic nitrogens is 2. The molecule has 3 heterocycles. The van der Waals surface area contributed by atoms with Gasteiger partial charge in [0.25, 0.3) is 0 Å². The van der Waals surface area contributed by atoms with Gasteiger partial charge in [0.05, 0.1) is 29.2 Å². The van der Waals surface area contributed by atoms with E-state index in [0.717, 1.165) is 42.1 Å². The maximum absolute atomic E-state index is 13.4. The lowest BCUT2D eigenvalue weighted by Crippen LogP contribution is -2.48. The molecule has 30 heavy (non-hydrogen) atoms. The average molecular weight is 398 g/mol. The number of carbonyl (C=O) groups is 1. The number of H-pyrrole nitrogens is 1. The molecule has 0 saturated carbocycles. The molecule has 2 aliphatic heterocycles. The van der Waals surface area contributed by atoms with Crippen LogP contribution in [0, 0.1) is 11.3 Å². The Hall–Kier alpha value is -3.79. The van der Waals surface area contributed by atoms with Crippen molar-refractivity contribution in [2.45, 2.75) is 12.3 Å². The highest BCUT2D eigenvalue weighted by Gasteiger charge is 2.34. The zero-order valence-electron chi connectivity index (χ0n) is 16.5. The number of nitrogens with one attached hydrogen (secondary N) is 1. The molecule has 2 aromatic carbocycles. The predicted octanol–water partition coefficient (Wildman–Crippen LogP) is 3.85. The van der Waals surface area contributed by atoms with Gasteiger partial charge in [0.2, 0.25) is 0 Å². The first-order chi connectivity index (χ1) is 14.7. The van der Waals surface area contributed by atoms with Crippen LogP contribution in [0.3, 0.4) is 0 Å². The molecule has 1 saturated heterocycles. The zero-order chi connectivity index (χ0) is 20.5. The number of amides is 2. The number of benzene rings is 2. The van der Waals surface area contributed by atoms with Crippen LogP contribution in [-0.4, -0.2) is 47.3 Å². The van der Waals surface area contributed by atoms with Crippen LogP contribution in [0.4, 0.5) is 21.9 Å². The van der Waals surface area contributed by atoms with Crippen LogP contribution in [0.1, 0.15) is 23.5 Å². The Kier molecular flexibility index (Phi) is 4.60. The molecule has 7 nitrogen and oxygen atoms in total. The molecular weight excluding hydrogens is 376 g/mol. The van der Waals surface area contributed by atoms with Crippen LogP contribution in [0.5, 0.6) is 0 Å². The van der Waals surface area contributed by atoms with Crippen molar-refractivity contribution < 1.29 is 4.79 Å². The highest BCUT2D eigenvalue weighted by molar-refractivity contribution is 5.98. The molecule has 0 spiro atoms. The standard InChI is InChI=1S/C23H22N6O/c24-13-17-5-7-20(8-6-17)28-11-12-29(22-4-2-1-3-21(22)28)23(30)27-10-9-18(16-27)19-14-25-26-15-19/h1-8,14-15,18H,9-12,16H2,(H,25,26)/t18-/m0/s1. The topological polar surface area (TPSA) is 79.3 Å². The average Bonchev–Trinajstić information content (AvgIpc) is 3.50. The molecule has 0 bridgehead atoms. The molecule has 2 aliphatic rings. The van der Waals surface area contributed by atoms with E-state index in [1.54, 1.807) is 0 Å². The molecule has 1 aromatic heterocycles. The smallest absolute Gasteiger partial charge is 0.324 e. The van der Waals surface area contributed by atoms with Crippen molar-refractivity contribution >= 4 is 23.1 Å². The Morgan fingerprint density at radius 2 is 1.87 bits per heavy atom. The van der Waals surface area contributed by atoms with Gasteiger partial charge in [0.15, 0.2) is 0 Å². The van der Waals surface area contributed by atoms with Crippen molar-refractivity contribution in [3.05, 3.63) is 72.1 Å². The Balaban J connectivity index is 1.38. The third-order valence-electron chi connectivity index (χ3n) is 6.00. The monoisotopic (exact) mass is 398 g/mol. The van der Waals surface area contributed by atoms with Crippen molar-refractivity contribution in [2.75, 3.05) is 36.0 Å². The zero-order valence-corrected chi connectivity index (χ0v) is 16.5. The van der Waals surface area contributed by atoms with E-state index in [9.17, 15) is 4.79 Å². The summed E-state index contributed by atoms with van der Waals surface area (Å²) < 4.78 is 0. The molecule has 0 aliphatic carbocycles. The largest absolute Gasteiger partial charge is 0.338 e. The molecule has 1 fully saturated rings. The minimum Gasteiger partial charge on any atom is -0.338 e. The first-order valence-corrected chi connectivity index (χ1v) is 10.2. The van der Waals surface area contributed by atoms with E-state index in [4.69, 9.17) is 5.26 Å². The Bertz CT molecular complexity index is 1090. The number of nitriles is 1. The van der Waals surface area contributed by atoms with Crippen LogP contribution in [-0.2, 0) is 0 Å². The molecule has 2 amide bonds. The van der Waals surface area contributed by atoms with Crippen molar-refractivity contribution in [3.63, 3.8) is 0 Å². The molecule has 5 rings (SSSR count). The molecular formula is C23H22N6O. The highest BCUT2D eigenvalue weighted by atomic mass is 16.2. The van der Waals surface area contributed by atoms with Crippen LogP contribution in [0.25, 0.3) is 0 Å². The number of carbonyl (C=O) groups excluding carboxylic acids is 1. The normalized spacial score (nSPS) is 18.2. The summed E-state index contributed by atoms with van der Waals surface area (Å²) in [5, 5.41) is 16.0. The fraction of sp³-hybridized carbons (Fsp3) is 0.261. The van der Waals surface area contributed by atoms with Crippen molar-refractivity contribution in [2.24, 2.45) is 0 Å². The molecule has 150 valence electrons. The molecule has 7 heteroatoms. The van der Waals surface area contributed by atoms with Crippen molar-refractivity contribution in [1.29, 1.82) is 5.26 Å². The van der Waals surface area contributed by atoms with Gasteiger partial charge < -0.3 is 9.80 Å². The Morgan fingerprint density at radius 3 is 2.60 bits per heavy atom. The number of hydrogen-bond acceptors (Lipinski definition) is 4. The number of urea groups is 1. The number of rotatable bonds is 2. The molecule has 3 aromatic rings. The number of fused-ring (bicyclic) bond motifs is 1. The van der Waals surface area contributed by atoms with Gasteiger partial charge in [0.1, 0.15) is 0 Å². The van der Waals surface area contributed by atoms with E-state index in [2.05, 4.69) is 21.2 Å². The number of para-hydroxylation sites is 2. The van der Waals surface area contributed by atoms with Gasteiger partial charge in [-0.1, -0.05) is 12.1 Å². The fourth-order valence-electron chi connectivity index (χ4n) is 4.41. The third-order valence-corrected chi connectivity index (χ3v) is 6.00. The predicted molar refractivity (Wildman–Crippen MR) is 115 cm³/mol. The second kappa shape index (κ2) is 7.56. The van der Waals surface area contributed by atoms with Gasteiger partial charge >= 0.3 is 6.03 Å². The van der Waals surface area contributed by atoms with Crippen LogP contribution >= 0.6 is 0 Å². The third kappa shape index (κ3) is 3.16. The number of hydrogen-bond donors (Lipinski definition) is 1. The van der Waals surface area contributed by atoms with E-state index < -0.39 is 0 Å². The van der Waals surface area contributed by atoms with E-state index in [-0.39, 0.29) is 6.03 Å². The maximum atomic E-state index is 13.4. The van der Waals surface area contributed by atoms with Gasteiger partial charge in [-0.15, -0.1) is 0 Å². The van der Waals surface area contributed by atoms with E-state index in [1.807, 2.05) is 70.7 Å². The summed E-state index contributed by atoms with van der Waals surface area (Å²) in [5.74, 6) is 0.336. The number of aromatic amines is 1. The Morgan fingerprint density at radius 1 is 1.07 bits per heavy atom. The minimum atomic E-state index is 0.0629. The highest BCUT2D eigenvalue weighted by Crippen LogP contribution is 2.38. The van der Waals surface area contributed by atoms with Gasteiger partial charge in [-0.3, -0.25) is 10.00 Å². The number of likely N-dealkylation sites (tertiary alicyclic amines) is 1. The quantitative estimate of drug-likeness (QED) is 0.711. The lowest BCUT2D eigenvalue weighted by atomic mass is 10.0. The summed E-state index contributed by atoms with van der Waals surface area (Å²) in [7, 11) is 0. The summed E-state index contributed by atoms with van der Waals surface area (Å²) in [6.45, 7) is 2.79. The van der Waals surface area contributed by atoms with Crippen LogP contribution < -0.4 is 9.80 Å². The van der Waals surface area contributed by atoms with Crippen molar-refractivity contribution in [3.8, 4) is 6.07 Å². The van der Waals surface area contributed by atoms with Gasteiger partial charge in [0, 0.05) is 44.0 Å². The van der Waals surface area contributed by atoms with E-state index in [1.165, 1.54) is 0 Å². The van der Waals surface area contributed by atoms with Crippen LogP contribution in [0.2, 0.25) is 0 Å². The number of nitrogens with zero attached hydrogens (tertiary/aromatic N) is 5. The summed E-state index contributed by atoms with van der Waals surface area (Å²) >= 11 is 0. The van der Waals surface area contributed by atoms with E-state index >= 15 is 0 Å². The second-order valence-corrected chi connectivity index (χ2v) is 7.70. The van der Waals surface area contributed by atoms with Crippen LogP contribution in [0.15, 0.2) is 60.9 Å². The first-order valence-electron chi connectivity index (χ1n) is 10.2. The van der Waals surface area contributed by atoms with Gasteiger partial charge in [-0.05, 0) is 48.4 Å². The van der Waals surface area contributed by atoms with Gasteiger partial charge in [-0.25, -0.2) is 4.79 Å². The van der Waals surface area contributed by atoms with E-state index in [0.29, 0.717) is 24.6 Å².